The fourth-order valence-electron chi connectivity index (χ4n) is 8.19. The first-order chi connectivity index (χ1) is 27.7. The van der Waals surface area contributed by atoms with Gasteiger partial charge < -0.3 is 44.9 Å². The smallest absolute Gasteiger partial charge is 0.308 e. The third kappa shape index (κ3) is 12.4. The Morgan fingerprint density at radius 3 is 2.44 bits per heavy atom. The minimum Gasteiger partial charge on any atom is -0.462 e. The van der Waals surface area contributed by atoms with E-state index in [4.69, 9.17) is 14.2 Å². The largest absolute Gasteiger partial charge is 0.462 e. The van der Waals surface area contributed by atoms with E-state index < -0.39 is 72.7 Å². The summed E-state index contributed by atoms with van der Waals surface area (Å²) < 4.78 is 20.3. The number of ether oxygens (including phenoxy) is 3. The number of nitrogens with one attached hydrogen (secondary N) is 1. The van der Waals surface area contributed by atoms with Crippen LogP contribution in [-0.2, 0) is 30.3 Å². The molecule has 0 radical (unpaired) electrons. The van der Waals surface area contributed by atoms with Gasteiger partial charge in [0.15, 0.2) is 12.1 Å². The average Bonchev–Trinajstić information content (AvgIpc) is 3.68. The molecule has 12 atom stereocenters. The lowest BCUT2D eigenvalue weighted by molar-refractivity contribution is -0.304. The summed E-state index contributed by atoms with van der Waals surface area (Å²) in [7, 11) is 3.52. The van der Waals surface area contributed by atoms with E-state index in [-0.39, 0.29) is 32.2 Å². The number of likely N-dealkylation sites (N-methyl/N-ethyl adjacent to an activating group) is 1. The Bertz CT molecular complexity index is 1870. The van der Waals surface area contributed by atoms with Crippen LogP contribution in [0.5, 0.6) is 0 Å². The number of hydrogen-bond donors (Lipinski definition) is 5. The summed E-state index contributed by atoms with van der Waals surface area (Å²) in [5, 5.41) is 58.8. The molecule has 0 bridgehead atoms. The molecule has 3 aromatic rings. The molecular weight excluding hydrogens is 755 g/mol. The quantitative estimate of drug-likeness (QED) is 0.136. The van der Waals surface area contributed by atoms with Crippen LogP contribution in [0.4, 0.5) is 0 Å². The molecule has 3 heterocycles. The van der Waals surface area contributed by atoms with Crippen molar-refractivity contribution in [2.24, 2.45) is 23.7 Å². The van der Waals surface area contributed by atoms with Crippen LogP contribution in [0.2, 0.25) is 0 Å². The molecule has 0 amide bonds. The number of carbonyl (C=O) groups excluding carboxylic acids is 2. The highest BCUT2D eigenvalue weighted by Gasteiger charge is 2.47. The fourth-order valence-corrected chi connectivity index (χ4v) is 8.19. The number of aliphatic hydroxyl groups excluding tert-OH is 4. The standard InChI is InChI=1S/C44H63N5O9.CH4/c1-8-38-33(25-50)19-26(2)13-16-36(51)27(3)20-32(17-18-45-23-34-24-49(47-46-34)35-15-14-30-11-9-10-12-31(30)21-35)43(28(4)37(52)22-39(53)57-38)58-44-42(55)40(48(6)7)41(54)29(5)56-44;/h9-16,19,21,24,27-29,32-33,37-38,40-45,50,52,54-55H,8,17-18,20,22-23,25H2,1-7H3;1H4/b16-13+,26-19+;/t27-,28+,29-,32+,33-,37-,38-,40?,41-,42?,43-,44+;/m1./s1. The number of carbonyl (C=O) groups is 2. The Morgan fingerprint density at radius 1 is 1.02 bits per heavy atom. The number of aliphatic hydroxyl groups is 4. The van der Waals surface area contributed by atoms with Crippen molar-refractivity contribution in [3.63, 3.8) is 0 Å². The predicted molar refractivity (Wildman–Crippen MR) is 226 cm³/mol. The van der Waals surface area contributed by atoms with Crippen molar-refractivity contribution in [3.8, 4) is 5.69 Å². The van der Waals surface area contributed by atoms with Gasteiger partial charge in [-0.1, -0.05) is 81.5 Å². The van der Waals surface area contributed by atoms with Crippen molar-refractivity contribution >= 4 is 22.5 Å². The third-order valence-corrected chi connectivity index (χ3v) is 11.7. The second-order valence-corrected chi connectivity index (χ2v) is 16.4. The SMILES string of the molecule is C.CC[C@H]1OC(=O)C[C@@H](O)[C@H](C)[C@@H](O[C@@H]2O[C@H](C)[C@@H](O)C(N(C)C)C2O)[C@@H](CCNCc2cn(-c3ccc4ccccc4c3)nn2)C[C@@H](C)C(=O)/C=C/C(C)=C/[C@@H]1CO. The van der Waals surface area contributed by atoms with E-state index >= 15 is 0 Å². The number of benzene rings is 2. The highest BCUT2D eigenvalue weighted by molar-refractivity contribution is 5.91. The molecule has 2 aliphatic heterocycles. The van der Waals surface area contributed by atoms with Crippen molar-refractivity contribution in [1.29, 1.82) is 0 Å². The van der Waals surface area contributed by atoms with Gasteiger partial charge in [-0.3, -0.25) is 9.59 Å². The first kappa shape index (κ1) is 47.8. The van der Waals surface area contributed by atoms with E-state index in [1.807, 2.05) is 51.2 Å². The monoisotopic (exact) mass is 821 g/mol. The van der Waals surface area contributed by atoms with Crippen LogP contribution >= 0.6 is 0 Å². The fraction of sp³-hybridized carbons (Fsp3) is 0.600. The molecule has 0 saturated carbocycles. The highest BCUT2D eigenvalue weighted by atomic mass is 16.7. The second-order valence-electron chi connectivity index (χ2n) is 16.4. The van der Waals surface area contributed by atoms with Crippen molar-refractivity contribution in [1.82, 2.24) is 25.2 Å². The lowest BCUT2D eigenvalue weighted by Crippen LogP contribution is -2.63. The number of rotatable bonds is 11. The molecule has 14 nitrogen and oxygen atoms in total. The molecule has 59 heavy (non-hydrogen) atoms. The normalized spacial score (nSPS) is 32.9. The molecule has 14 heteroatoms. The number of allylic oxidation sites excluding steroid dienone is 3. The molecule has 2 aromatic carbocycles. The van der Waals surface area contributed by atoms with Gasteiger partial charge in [0.25, 0.3) is 0 Å². The molecule has 0 spiro atoms. The summed E-state index contributed by atoms with van der Waals surface area (Å²) in [4.78, 5) is 28.7. The third-order valence-electron chi connectivity index (χ3n) is 11.7. The number of aromatic nitrogens is 3. The van der Waals surface area contributed by atoms with Crippen LogP contribution in [0.3, 0.4) is 0 Å². The van der Waals surface area contributed by atoms with Crippen LogP contribution in [0.25, 0.3) is 16.5 Å². The zero-order chi connectivity index (χ0) is 42.1. The molecule has 2 unspecified atom stereocenters. The van der Waals surface area contributed by atoms with Gasteiger partial charge in [-0.05, 0) is 88.6 Å². The van der Waals surface area contributed by atoms with Crippen LogP contribution in [-0.4, -0.2) is 128 Å². The molecule has 326 valence electrons. The van der Waals surface area contributed by atoms with Gasteiger partial charge in [0.1, 0.15) is 12.2 Å². The van der Waals surface area contributed by atoms with E-state index in [0.29, 0.717) is 32.4 Å². The van der Waals surface area contributed by atoms with E-state index in [2.05, 4.69) is 33.8 Å². The Hall–Kier alpha value is -3.86. The molecule has 2 aliphatic rings. The maximum absolute atomic E-state index is 13.7. The van der Waals surface area contributed by atoms with Gasteiger partial charge in [-0.2, -0.15) is 0 Å². The molecule has 5 N–H and O–H groups in total. The van der Waals surface area contributed by atoms with Gasteiger partial charge in [-0.25, -0.2) is 4.68 Å². The first-order valence-corrected chi connectivity index (χ1v) is 20.5. The highest BCUT2D eigenvalue weighted by Crippen LogP contribution is 2.34. The lowest BCUT2D eigenvalue weighted by atomic mass is 9.79. The predicted octanol–water partition coefficient (Wildman–Crippen LogP) is 4.36. The van der Waals surface area contributed by atoms with E-state index in [9.17, 15) is 30.0 Å². The maximum Gasteiger partial charge on any atom is 0.308 e. The summed E-state index contributed by atoms with van der Waals surface area (Å²) in [6.07, 6.45) is 1.05. The second kappa shape index (κ2) is 22.1. The Balaban J connectivity index is 0.00000769. The Morgan fingerprint density at radius 2 is 1.75 bits per heavy atom. The lowest BCUT2D eigenvalue weighted by Gasteiger charge is -2.46. The van der Waals surface area contributed by atoms with Crippen molar-refractivity contribution in [2.75, 3.05) is 27.2 Å². The molecule has 1 aromatic heterocycles. The number of cyclic esters (lactones) is 1. The van der Waals surface area contributed by atoms with Crippen LogP contribution < -0.4 is 5.32 Å². The number of nitrogens with zero attached hydrogens (tertiary/aromatic N) is 4. The van der Waals surface area contributed by atoms with Crippen LogP contribution in [0, 0.1) is 23.7 Å². The van der Waals surface area contributed by atoms with Gasteiger partial charge >= 0.3 is 5.97 Å². The molecule has 1 saturated heterocycles. The summed E-state index contributed by atoms with van der Waals surface area (Å²) in [6, 6.07) is 13.5. The van der Waals surface area contributed by atoms with Crippen LogP contribution in [0.15, 0.2) is 72.5 Å². The molecule has 0 aliphatic carbocycles. The zero-order valence-electron chi connectivity index (χ0n) is 34.8. The van der Waals surface area contributed by atoms with E-state index in [0.717, 1.165) is 27.7 Å². The van der Waals surface area contributed by atoms with Gasteiger partial charge in [0, 0.05) is 24.3 Å². The van der Waals surface area contributed by atoms with Gasteiger partial charge in [0.05, 0.1) is 61.1 Å². The summed E-state index contributed by atoms with van der Waals surface area (Å²) in [5.41, 5.74) is 2.36. The van der Waals surface area contributed by atoms with Crippen molar-refractivity contribution in [3.05, 3.63) is 78.2 Å². The zero-order valence-corrected chi connectivity index (χ0v) is 34.8. The van der Waals surface area contributed by atoms with Crippen molar-refractivity contribution in [2.45, 2.75) is 123 Å². The Kier molecular flexibility index (Phi) is 17.9. The average molecular weight is 822 g/mol. The summed E-state index contributed by atoms with van der Waals surface area (Å²) in [5.74, 6) is -2.76. The molecular formula is C45H67N5O9. The topological polar surface area (TPSA) is 189 Å². The first-order valence-electron chi connectivity index (χ1n) is 20.5. The number of ketones is 1. The minimum atomic E-state index is -1.25. The summed E-state index contributed by atoms with van der Waals surface area (Å²) in [6.45, 7) is 9.64. The van der Waals surface area contributed by atoms with E-state index in [1.165, 1.54) is 6.08 Å². The van der Waals surface area contributed by atoms with Crippen LogP contribution in [0.1, 0.15) is 73.4 Å². The number of esters is 1. The van der Waals surface area contributed by atoms with Gasteiger partial charge in [-0.15, -0.1) is 5.10 Å². The number of hydrogen-bond acceptors (Lipinski definition) is 13. The summed E-state index contributed by atoms with van der Waals surface area (Å²) >= 11 is 0. The molecule has 1 fully saturated rings. The van der Waals surface area contributed by atoms with Crippen molar-refractivity contribution < 1.29 is 44.2 Å². The van der Waals surface area contributed by atoms with Gasteiger partial charge in [0.2, 0.25) is 0 Å². The minimum absolute atomic E-state index is 0. The molecule has 5 rings (SSSR count). The maximum atomic E-state index is 13.7. The number of fused-ring (bicyclic) bond motifs is 1. The Labute approximate surface area is 349 Å². The van der Waals surface area contributed by atoms with E-state index in [1.54, 1.807) is 49.7 Å².